The number of hydrogen-bond donors (Lipinski definition) is 5. The molecule has 0 aliphatic rings. The fourth-order valence-corrected chi connectivity index (χ4v) is 6.96. The van der Waals surface area contributed by atoms with Gasteiger partial charge in [0.25, 0.3) is 5.91 Å². The Morgan fingerprint density at radius 3 is 2.00 bits per heavy atom. The van der Waals surface area contributed by atoms with Gasteiger partial charge in [-0.2, -0.15) is 0 Å². The standard InChI is InChI=1S/C44H50N4O7S/c1-5-6-7-8-9-22-55-33-17-15-30(16-18-33)32-26-45-40(46-27-32)31-13-10-28(11-14-31)23-34(47-42(52)38-20-21-39(56-38)44(2,3)4)41(51)48-35(43(53)54)24-29-12-19-36(49)37(50)25-29/h10-21,25-27,34-35,49-50H,5-9,22-24H2,1-4H3,(H,47,52)(H,48,51)(H,53,54). The van der Waals surface area contributed by atoms with E-state index in [1.165, 1.54) is 55.2 Å². The number of phenols is 2. The first-order valence-electron chi connectivity index (χ1n) is 18.9. The first-order valence-corrected chi connectivity index (χ1v) is 19.7. The fourth-order valence-electron chi connectivity index (χ4n) is 6.00. The van der Waals surface area contributed by atoms with Crippen LogP contribution in [0.4, 0.5) is 0 Å². The number of nitrogens with one attached hydrogen (secondary N) is 2. The second-order valence-electron chi connectivity index (χ2n) is 14.8. The van der Waals surface area contributed by atoms with Crippen LogP contribution in [0.1, 0.15) is 85.5 Å². The Kier molecular flexibility index (Phi) is 14.2. The van der Waals surface area contributed by atoms with Gasteiger partial charge in [-0.05, 0) is 64.9 Å². The van der Waals surface area contributed by atoms with Crippen LogP contribution in [0.25, 0.3) is 22.5 Å². The molecule has 5 aromatic rings. The Morgan fingerprint density at radius 1 is 0.732 bits per heavy atom. The Labute approximate surface area is 331 Å². The number of carbonyl (C=O) groups excluding carboxylic acids is 2. The van der Waals surface area contributed by atoms with Crippen LogP contribution in [0, 0.1) is 0 Å². The number of rotatable bonds is 18. The van der Waals surface area contributed by atoms with E-state index in [9.17, 15) is 29.7 Å². The number of aromatic nitrogens is 2. The van der Waals surface area contributed by atoms with Gasteiger partial charge in [-0.1, -0.05) is 95.8 Å². The summed E-state index contributed by atoms with van der Waals surface area (Å²) in [5.74, 6) is -1.84. The minimum atomic E-state index is -1.38. The number of amides is 2. The van der Waals surface area contributed by atoms with Crippen molar-refractivity contribution in [3.8, 4) is 39.8 Å². The van der Waals surface area contributed by atoms with Crippen LogP contribution < -0.4 is 15.4 Å². The molecule has 2 unspecified atom stereocenters. The SMILES string of the molecule is CCCCCCCOc1ccc(-c2cnc(-c3ccc(CC(NC(=O)c4ccc(C(C)(C)C)s4)C(=O)NC(Cc4ccc(O)c(O)c4)C(=O)O)cc3)nc2)cc1. The van der Waals surface area contributed by atoms with Crippen LogP contribution >= 0.6 is 11.3 Å². The van der Waals surface area contributed by atoms with Crippen molar-refractivity contribution in [2.75, 3.05) is 6.61 Å². The van der Waals surface area contributed by atoms with E-state index in [1.54, 1.807) is 18.5 Å². The lowest BCUT2D eigenvalue weighted by Gasteiger charge is -2.22. The van der Waals surface area contributed by atoms with E-state index in [1.807, 2.05) is 75.4 Å². The van der Waals surface area contributed by atoms with E-state index < -0.39 is 35.6 Å². The van der Waals surface area contributed by atoms with Gasteiger partial charge >= 0.3 is 5.97 Å². The predicted molar refractivity (Wildman–Crippen MR) is 218 cm³/mol. The maximum Gasteiger partial charge on any atom is 0.326 e. The number of thiophene rings is 1. The summed E-state index contributed by atoms with van der Waals surface area (Å²) < 4.78 is 5.89. The van der Waals surface area contributed by atoms with E-state index in [4.69, 9.17) is 4.74 Å². The lowest BCUT2D eigenvalue weighted by molar-refractivity contribution is -0.142. The van der Waals surface area contributed by atoms with Gasteiger partial charge in [-0.15, -0.1) is 11.3 Å². The number of ether oxygens (including phenoxy) is 1. The average molecular weight is 779 g/mol. The molecule has 3 aromatic carbocycles. The van der Waals surface area contributed by atoms with Gasteiger partial charge in [0.05, 0.1) is 11.5 Å². The normalized spacial score (nSPS) is 12.4. The molecule has 5 rings (SSSR count). The third kappa shape index (κ3) is 11.6. The molecule has 56 heavy (non-hydrogen) atoms. The molecule has 0 bridgehead atoms. The maximum atomic E-state index is 13.7. The van der Waals surface area contributed by atoms with Crippen molar-refractivity contribution in [3.05, 3.63) is 112 Å². The zero-order chi connectivity index (χ0) is 40.2. The number of hydrogen-bond acceptors (Lipinski definition) is 9. The first-order chi connectivity index (χ1) is 26.8. The Bertz CT molecular complexity index is 2070. The molecule has 2 atom stereocenters. The topological polar surface area (TPSA) is 171 Å². The molecule has 0 fully saturated rings. The minimum Gasteiger partial charge on any atom is -0.504 e. The molecule has 2 heterocycles. The molecule has 5 N–H and O–H groups in total. The summed E-state index contributed by atoms with van der Waals surface area (Å²) >= 11 is 1.33. The third-order valence-electron chi connectivity index (χ3n) is 9.29. The van der Waals surface area contributed by atoms with Crippen LogP contribution in [-0.2, 0) is 27.8 Å². The Hall–Kier alpha value is -5.75. The number of carboxylic acid groups (broad SMARTS) is 1. The quantitative estimate of drug-likeness (QED) is 0.0436. The van der Waals surface area contributed by atoms with E-state index in [0.29, 0.717) is 28.4 Å². The minimum absolute atomic E-state index is 0.0695. The highest BCUT2D eigenvalue weighted by atomic mass is 32.1. The summed E-state index contributed by atoms with van der Waals surface area (Å²) in [7, 11) is 0. The Morgan fingerprint density at radius 2 is 1.38 bits per heavy atom. The monoisotopic (exact) mass is 778 g/mol. The van der Waals surface area contributed by atoms with Crippen molar-refractivity contribution >= 4 is 29.1 Å². The van der Waals surface area contributed by atoms with Crippen molar-refractivity contribution < 1.29 is 34.4 Å². The van der Waals surface area contributed by atoms with Gasteiger partial charge in [-0.25, -0.2) is 14.8 Å². The number of carbonyl (C=O) groups is 3. The molecule has 0 spiro atoms. The molecule has 2 amide bonds. The summed E-state index contributed by atoms with van der Waals surface area (Å²) in [6.07, 6.45) is 9.38. The molecule has 294 valence electrons. The maximum absolute atomic E-state index is 13.7. The number of unbranched alkanes of at least 4 members (excludes halogenated alkanes) is 4. The summed E-state index contributed by atoms with van der Waals surface area (Å²) in [5, 5.41) is 34.9. The van der Waals surface area contributed by atoms with E-state index in [0.717, 1.165) is 33.7 Å². The highest BCUT2D eigenvalue weighted by molar-refractivity contribution is 7.14. The van der Waals surface area contributed by atoms with Crippen molar-refractivity contribution in [2.24, 2.45) is 0 Å². The summed E-state index contributed by atoms with van der Waals surface area (Å²) in [6.45, 7) is 9.05. The number of aromatic hydroxyl groups is 2. The highest BCUT2D eigenvalue weighted by Gasteiger charge is 2.29. The lowest BCUT2D eigenvalue weighted by Crippen LogP contribution is -2.53. The second-order valence-corrected chi connectivity index (χ2v) is 15.9. The van der Waals surface area contributed by atoms with Gasteiger partial charge in [0.15, 0.2) is 17.3 Å². The van der Waals surface area contributed by atoms with Gasteiger partial charge in [0, 0.05) is 41.2 Å². The first kappa shape index (κ1) is 41.4. The molecule has 0 radical (unpaired) electrons. The van der Waals surface area contributed by atoms with E-state index in [2.05, 4.69) is 27.5 Å². The van der Waals surface area contributed by atoms with E-state index >= 15 is 0 Å². The molecule has 0 aliphatic heterocycles. The predicted octanol–water partition coefficient (Wildman–Crippen LogP) is 8.08. The second kappa shape index (κ2) is 19.2. The highest BCUT2D eigenvalue weighted by Crippen LogP contribution is 2.30. The third-order valence-corrected chi connectivity index (χ3v) is 10.8. The van der Waals surface area contributed by atoms with Crippen LogP contribution in [0.2, 0.25) is 0 Å². The largest absolute Gasteiger partial charge is 0.504 e. The van der Waals surface area contributed by atoms with Gasteiger partial charge in [0.1, 0.15) is 17.8 Å². The lowest BCUT2D eigenvalue weighted by atomic mass is 9.95. The molecule has 0 saturated heterocycles. The average Bonchev–Trinajstić information content (AvgIpc) is 3.70. The number of phenolic OH excluding ortho intramolecular Hbond substituents is 2. The van der Waals surface area contributed by atoms with Crippen molar-refractivity contribution in [3.63, 3.8) is 0 Å². The van der Waals surface area contributed by atoms with Gasteiger partial charge in [0.2, 0.25) is 5.91 Å². The van der Waals surface area contributed by atoms with Crippen LogP contribution in [-0.4, -0.2) is 61.8 Å². The summed E-state index contributed by atoms with van der Waals surface area (Å²) in [4.78, 5) is 50.1. The molecular formula is C44H50N4O7S. The zero-order valence-electron chi connectivity index (χ0n) is 32.2. The number of carboxylic acids is 1. The molecule has 12 heteroatoms. The number of nitrogens with zero attached hydrogens (tertiary/aromatic N) is 2. The summed E-state index contributed by atoms with van der Waals surface area (Å²) in [6, 6.07) is 20.2. The van der Waals surface area contributed by atoms with Crippen molar-refractivity contribution in [1.82, 2.24) is 20.6 Å². The van der Waals surface area contributed by atoms with Crippen molar-refractivity contribution in [1.29, 1.82) is 0 Å². The van der Waals surface area contributed by atoms with Crippen LogP contribution in [0.5, 0.6) is 17.2 Å². The molecule has 2 aromatic heterocycles. The van der Waals surface area contributed by atoms with Crippen molar-refractivity contribution in [2.45, 2.75) is 90.1 Å². The van der Waals surface area contributed by atoms with Gasteiger partial charge in [-0.3, -0.25) is 9.59 Å². The molecular weight excluding hydrogens is 729 g/mol. The van der Waals surface area contributed by atoms with E-state index in [-0.39, 0.29) is 24.0 Å². The molecule has 11 nitrogen and oxygen atoms in total. The molecule has 0 saturated carbocycles. The fraction of sp³-hybridized carbons (Fsp3) is 0.341. The zero-order valence-corrected chi connectivity index (χ0v) is 33.1. The van der Waals surface area contributed by atoms with Crippen LogP contribution in [0.3, 0.4) is 0 Å². The molecule has 0 aliphatic carbocycles. The van der Waals surface area contributed by atoms with Gasteiger partial charge < -0.3 is 30.7 Å². The number of benzene rings is 3. The Balaban J connectivity index is 1.27. The van der Waals surface area contributed by atoms with Crippen LogP contribution in [0.15, 0.2) is 91.3 Å². The smallest absolute Gasteiger partial charge is 0.326 e. The summed E-state index contributed by atoms with van der Waals surface area (Å²) in [5.41, 5.74) is 3.52. The number of aliphatic carboxylic acids is 1.